The third-order valence-corrected chi connectivity index (χ3v) is 10.3. The Morgan fingerprint density at radius 1 is 1.06 bits per heavy atom. The molecule has 1 amide bonds. The number of hydrogen-bond donors (Lipinski definition) is 1. The number of nitrogens with zero attached hydrogens (tertiary/aromatic N) is 1. The van der Waals surface area contributed by atoms with Crippen molar-refractivity contribution in [1.82, 2.24) is 10.2 Å². The molecule has 31 heavy (non-hydrogen) atoms. The molecule has 0 spiro atoms. The van der Waals surface area contributed by atoms with Crippen LogP contribution in [0.15, 0.2) is 18.2 Å². The molecule has 0 aromatic heterocycles. The maximum Gasteiger partial charge on any atom is 0.252 e. The van der Waals surface area contributed by atoms with Gasteiger partial charge in [-0.3, -0.25) is 9.69 Å². The van der Waals surface area contributed by atoms with Crippen molar-refractivity contribution < 1.29 is 13.2 Å². The van der Waals surface area contributed by atoms with E-state index in [1.54, 1.807) is 18.2 Å². The van der Waals surface area contributed by atoms with E-state index in [9.17, 15) is 13.2 Å². The van der Waals surface area contributed by atoms with Gasteiger partial charge in [-0.15, -0.1) is 0 Å². The van der Waals surface area contributed by atoms with Crippen LogP contribution in [0, 0.1) is 5.92 Å². The van der Waals surface area contributed by atoms with Gasteiger partial charge in [0.15, 0.2) is 9.84 Å². The van der Waals surface area contributed by atoms with Gasteiger partial charge >= 0.3 is 0 Å². The first-order valence-corrected chi connectivity index (χ1v) is 14.0. The van der Waals surface area contributed by atoms with E-state index in [1.165, 1.54) is 6.42 Å². The Kier molecular flexibility index (Phi) is 7.21. The summed E-state index contributed by atoms with van der Waals surface area (Å²) >= 11 is 12.2. The minimum Gasteiger partial charge on any atom is -0.350 e. The molecule has 0 radical (unpaired) electrons. The molecule has 0 unspecified atom stereocenters. The van der Waals surface area contributed by atoms with Crippen molar-refractivity contribution >= 4 is 38.9 Å². The number of piperidine rings is 1. The second-order valence-corrected chi connectivity index (χ2v) is 12.7. The Bertz CT molecular complexity index is 903. The van der Waals surface area contributed by atoms with E-state index in [2.05, 4.69) is 10.2 Å². The van der Waals surface area contributed by atoms with E-state index in [0.29, 0.717) is 46.7 Å². The van der Waals surface area contributed by atoms with Gasteiger partial charge in [0.2, 0.25) is 0 Å². The summed E-state index contributed by atoms with van der Waals surface area (Å²) in [5.41, 5.74) is 0.333. The topological polar surface area (TPSA) is 66.5 Å². The van der Waals surface area contributed by atoms with Crippen LogP contribution in [0.5, 0.6) is 0 Å². The molecule has 0 atom stereocenters. The molecule has 4 rings (SSSR count). The fourth-order valence-corrected chi connectivity index (χ4v) is 7.95. The lowest BCUT2D eigenvalue weighted by Crippen LogP contribution is -2.59. The SMILES string of the molecule is O=C(NCC1(N2CCC(S(=O)(=O)CC3CC3)CC2)CCCCC1)c1ccc(Cl)cc1Cl. The predicted molar refractivity (Wildman–Crippen MR) is 126 cm³/mol. The molecule has 1 aromatic rings. The lowest BCUT2D eigenvalue weighted by molar-refractivity contribution is 0.0333. The van der Waals surface area contributed by atoms with Crippen LogP contribution in [0.4, 0.5) is 0 Å². The van der Waals surface area contributed by atoms with E-state index >= 15 is 0 Å². The quantitative estimate of drug-likeness (QED) is 0.605. The summed E-state index contributed by atoms with van der Waals surface area (Å²) in [4.78, 5) is 15.3. The molecule has 1 saturated heterocycles. The lowest BCUT2D eigenvalue weighted by Gasteiger charge is -2.49. The molecular formula is C23H32Cl2N2O3S. The number of halogens is 2. The summed E-state index contributed by atoms with van der Waals surface area (Å²) in [6, 6.07) is 4.91. The highest BCUT2D eigenvalue weighted by Crippen LogP contribution is 2.37. The number of rotatable bonds is 7. The van der Waals surface area contributed by atoms with Crippen LogP contribution >= 0.6 is 23.2 Å². The Balaban J connectivity index is 1.40. The maximum atomic E-state index is 12.8. The summed E-state index contributed by atoms with van der Waals surface area (Å²) in [6.45, 7) is 2.13. The largest absolute Gasteiger partial charge is 0.350 e. The van der Waals surface area contributed by atoms with Gasteiger partial charge in [-0.1, -0.05) is 42.5 Å². The molecule has 1 aliphatic heterocycles. The van der Waals surface area contributed by atoms with Gasteiger partial charge in [0.1, 0.15) is 0 Å². The van der Waals surface area contributed by atoms with Crippen LogP contribution in [0.2, 0.25) is 10.0 Å². The van der Waals surface area contributed by atoms with Gasteiger partial charge in [0.25, 0.3) is 5.91 Å². The van der Waals surface area contributed by atoms with Gasteiger partial charge in [0, 0.05) is 17.1 Å². The zero-order chi connectivity index (χ0) is 22.1. The van der Waals surface area contributed by atoms with Crippen molar-refractivity contribution in [3.63, 3.8) is 0 Å². The Labute approximate surface area is 195 Å². The molecule has 5 nitrogen and oxygen atoms in total. The monoisotopic (exact) mass is 486 g/mol. The van der Waals surface area contributed by atoms with Crippen LogP contribution < -0.4 is 5.32 Å². The number of sulfone groups is 1. The predicted octanol–water partition coefficient (Wildman–Crippen LogP) is 4.72. The molecule has 1 heterocycles. The van der Waals surface area contributed by atoms with E-state index < -0.39 is 9.84 Å². The van der Waals surface area contributed by atoms with Gasteiger partial charge in [0.05, 0.1) is 21.6 Å². The van der Waals surface area contributed by atoms with E-state index in [-0.39, 0.29) is 16.7 Å². The fourth-order valence-electron chi connectivity index (χ4n) is 5.27. The normalized spacial score (nSPS) is 22.9. The smallest absolute Gasteiger partial charge is 0.252 e. The zero-order valence-corrected chi connectivity index (χ0v) is 20.2. The van der Waals surface area contributed by atoms with E-state index in [1.807, 2.05) is 0 Å². The fraction of sp³-hybridized carbons (Fsp3) is 0.696. The van der Waals surface area contributed by atoms with Crippen molar-refractivity contribution in [1.29, 1.82) is 0 Å². The molecular weight excluding hydrogens is 455 g/mol. The summed E-state index contributed by atoms with van der Waals surface area (Å²) in [7, 11) is -2.99. The standard InChI is InChI=1S/C23H32Cl2N2O3S/c24-18-6-7-20(21(25)14-18)22(28)26-16-23(10-2-1-3-11-23)27-12-8-19(9-13-27)31(29,30)15-17-4-5-17/h6-7,14,17,19H,1-5,8-13,15-16H2,(H,26,28). The highest BCUT2D eigenvalue weighted by Gasteiger charge is 2.42. The molecule has 3 aliphatic rings. The minimum absolute atomic E-state index is 0.0992. The lowest BCUT2D eigenvalue weighted by atomic mass is 9.79. The molecule has 3 fully saturated rings. The van der Waals surface area contributed by atoms with Gasteiger partial charge in [-0.2, -0.15) is 0 Å². The van der Waals surface area contributed by atoms with Crippen LogP contribution in [-0.4, -0.2) is 55.4 Å². The summed E-state index contributed by atoms with van der Waals surface area (Å²) < 4.78 is 25.5. The first-order chi connectivity index (χ1) is 14.8. The number of benzene rings is 1. The average molecular weight is 487 g/mol. The number of nitrogens with one attached hydrogen (secondary N) is 1. The number of hydrogen-bond acceptors (Lipinski definition) is 4. The molecule has 1 aromatic carbocycles. The summed E-state index contributed by atoms with van der Waals surface area (Å²) in [5.74, 6) is 0.594. The second kappa shape index (κ2) is 9.58. The highest BCUT2D eigenvalue weighted by atomic mass is 35.5. The molecule has 8 heteroatoms. The Morgan fingerprint density at radius 3 is 2.35 bits per heavy atom. The first-order valence-electron chi connectivity index (χ1n) is 11.5. The minimum atomic E-state index is -2.99. The average Bonchev–Trinajstić information content (AvgIpc) is 3.56. The van der Waals surface area contributed by atoms with Crippen LogP contribution in [0.25, 0.3) is 0 Å². The highest BCUT2D eigenvalue weighted by molar-refractivity contribution is 7.92. The zero-order valence-electron chi connectivity index (χ0n) is 17.9. The first kappa shape index (κ1) is 23.3. The van der Waals surface area contributed by atoms with Crippen LogP contribution in [0.1, 0.15) is 68.1 Å². The van der Waals surface area contributed by atoms with Gasteiger partial charge < -0.3 is 5.32 Å². The number of carbonyl (C=O) groups is 1. The van der Waals surface area contributed by atoms with Crippen LogP contribution in [0.3, 0.4) is 0 Å². The maximum absolute atomic E-state index is 12.8. The van der Waals surface area contributed by atoms with Crippen LogP contribution in [-0.2, 0) is 9.84 Å². The summed E-state index contributed by atoms with van der Waals surface area (Å²) in [5, 5.41) is 3.77. The molecule has 2 saturated carbocycles. The molecule has 2 aliphatic carbocycles. The molecule has 1 N–H and O–H groups in total. The summed E-state index contributed by atoms with van der Waals surface area (Å²) in [6.07, 6.45) is 9.08. The third kappa shape index (κ3) is 5.58. The van der Waals surface area contributed by atoms with Gasteiger partial charge in [-0.25, -0.2) is 8.42 Å². The second-order valence-electron chi connectivity index (χ2n) is 9.55. The third-order valence-electron chi connectivity index (χ3n) is 7.32. The van der Waals surface area contributed by atoms with Crippen molar-refractivity contribution in [2.24, 2.45) is 5.92 Å². The van der Waals surface area contributed by atoms with Crippen molar-refractivity contribution in [2.45, 2.75) is 68.6 Å². The van der Waals surface area contributed by atoms with E-state index in [0.717, 1.165) is 51.6 Å². The molecule has 172 valence electrons. The van der Waals surface area contributed by atoms with E-state index in [4.69, 9.17) is 23.2 Å². The van der Waals surface area contributed by atoms with Crippen molar-refractivity contribution in [3.05, 3.63) is 33.8 Å². The Morgan fingerprint density at radius 2 is 1.74 bits per heavy atom. The number of amides is 1. The van der Waals surface area contributed by atoms with Crippen molar-refractivity contribution in [3.8, 4) is 0 Å². The number of likely N-dealkylation sites (tertiary alicyclic amines) is 1. The molecule has 0 bridgehead atoms. The number of carbonyl (C=O) groups excluding carboxylic acids is 1. The van der Waals surface area contributed by atoms with Gasteiger partial charge in [-0.05, 0) is 75.7 Å². The van der Waals surface area contributed by atoms with Crippen molar-refractivity contribution in [2.75, 3.05) is 25.4 Å². The Hall–Kier alpha value is -0.820.